The van der Waals surface area contributed by atoms with Gasteiger partial charge < -0.3 is 0 Å². The van der Waals surface area contributed by atoms with E-state index in [2.05, 4.69) is 4.98 Å². The van der Waals surface area contributed by atoms with E-state index in [1.807, 2.05) is 0 Å². The first-order valence-electron chi connectivity index (χ1n) is 3.05. The van der Waals surface area contributed by atoms with Crippen LogP contribution >= 0.6 is 11.3 Å². The van der Waals surface area contributed by atoms with Crippen molar-refractivity contribution in [2.75, 3.05) is 0 Å². The number of aromatic nitrogens is 1. The fourth-order valence-electron chi connectivity index (χ4n) is 0.752. The highest BCUT2D eigenvalue weighted by molar-refractivity contribution is 7.09. The fraction of sp³-hybridized carbons (Fsp3) is 0.500. The Hall–Kier alpha value is -0.580. The first-order valence-corrected chi connectivity index (χ1v) is 3.93. The fourth-order valence-corrected chi connectivity index (χ4v) is 1.50. The molecule has 0 fully saturated rings. The summed E-state index contributed by atoms with van der Waals surface area (Å²) in [6.07, 6.45) is -3.90. The minimum absolute atomic E-state index is 0.141. The molecule has 0 aromatic carbocycles. The first kappa shape index (κ1) is 8.52. The van der Waals surface area contributed by atoms with Gasteiger partial charge in [0.05, 0.1) is 11.2 Å². The zero-order valence-corrected chi connectivity index (χ0v) is 6.59. The van der Waals surface area contributed by atoms with Crippen molar-refractivity contribution in [1.29, 1.82) is 0 Å². The van der Waals surface area contributed by atoms with E-state index in [0.717, 1.165) is 0 Å². The largest absolute Gasteiger partial charge is 0.427 e. The highest BCUT2D eigenvalue weighted by atomic mass is 32.1. The third-order valence-electron chi connectivity index (χ3n) is 1.23. The zero-order chi connectivity index (χ0) is 8.48. The quantitative estimate of drug-likeness (QED) is 0.649. The molecule has 0 saturated carbocycles. The second kappa shape index (κ2) is 2.81. The lowest BCUT2D eigenvalue weighted by Crippen LogP contribution is -2.05. The summed E-state index contributed by atoms with van der Waals surface area (Å²) in [6, 6.07) is 0. The molecule has 1 aromatic rings. The number of rotatable bonds is 1. The van der Waals surface area contributed by atoms with Crippen molar-refractivity contribution in [2.24, 2.45) is 0 Å². The molecule has 0 radical (unpaired) electrons. The molecule has 0 unspecified atom stereocenters. The van der Waals surface area contributed by atoms with Crippen molar-refractivity contribution < 1.29 is 13.2 Å². The van der Waals surface area contributed by atoms with Gasteiger partial charge in [-0.3, -0.25) is 0 Å². The third-order valence-corrected chi connectivity index (χ3v) is 2.15. The molecule has 0 N–H and O–H groups in total. The maximum absolute atomic E-state index is 12.0. The summed E-state index contributed by atoms with van der Waals surface area (Å²) in [4.78, 5) is 3.03. The Morgan fingerprint density at radius 1 is 1.55 bits per heavy atom. The van der Waals surface area contributed by atoms with Crippen LogP contribution in [0.3, 0.4) is 0 Å². The van der Waals surface area contributed by atoms with Gasteiger partial charge in [0.15, 0.2) is 0 Å². The molecule has 0 amide bonds. The molecule has 5 heteroatoms. The van der Waals surface area contributed by atoms with Gasteiger partial charge in [-0.25, -0.2) is 4.98 Å². The summed E-state index contributed by atoms with van der Waals surface area (Å²) >= 11 is 0.645. The molecule has 0 aliphatic rings. The van der Waals surface area contributed by atoms with E-state index in [-0.39, 0.29) is 5.69 Å². The maximum Gasteiger partial charge on any atom is 0.427 e. The van der Waals surface area contributed by atoms with Gasteiger partial charge in [-0.05, 0) is 6.42 Å². The number of hydrogen-bond acceptors (Lipinski definition) is 2. The van der Waals surface area contributed by atoms with Crippen molar-refractivity contribution in [1.82, 2.24) is 4.98 Å². The van der Waals surface area contributed by atoms with Gasteiger partial charge >= 0.3 is 6.18 Å². The highest BCUT2D eigenvalue weighted by Crippen LogP contribution is 2.34. The summed E-state index contributed by atoms with van der Waals surface area (Å²) in [5.74, 6) is 0. The van der Waals surface area contributed by atoms with Gasteiger partial charge in [-0.2, -0.15) is 13.2 Å². The molecule has 1 rings (SSSR count). The summed E-state index contributed by atoms with van der Waals surface area (Å²) in [6.45, 7) is 1.66. The van der Waals surface area contributed by atoms with Crippen molar-refractivity contribution in [3.05, 3.63) is 16.1 Å². The molecule has 11 heavy (non-hydrogen) atoms. The second-order valence-corrected chi connectivity index (χ2v) is 2.83. The van der Waals surface area contributed by atoms with Crippen LogP contribution in [0.5, 0.6) is 0 Å². The molecule has 1 heterocycles. The molecule has 0 bridgehead atoms. The predicted molar refractivity (Wildman–Crippen MR) is 36.5 cm³/mol. The Bertz CT molecular complexity index is 240. The Kier molecular flexibility index (Phi) is 2.17. The molecular formula is C6H6F3NS. The van der Waals surface area contributed by atoms with Crippen LogP contribution < -0.4 is 0 Å². The van der Waals surface area contributed by atoms with Crippen LogP contribution in [0.2, 0.25) is 0 Å². The monoisotopic (exact) mass is 181 g/mol. The van der Waals surface area contributed by atoms with Crippen LogP contribution in [0.25, 0.3) is 0 Å². The van der Waals surface area contributed by atoms with Crippen molar-refractivity contribution in [2.45, 2.75) is 19.5 Å². The summed E-state index contributed by atoms with van der Waals surface area (Å²) in [5, 5.41) is 0. The molecule has 0 aliphatic carbocycles. The molecule has 0 aliphatic heterocycles. The number of halogens is 3. The van der Waals surface area contributed by atoms with Gasteiger partial charge in [0, 0.05) is 0 Å². The number of hydrogen-bond donors (Lipinski definition) is 0. The average Bonchev–Trinajstić information content (AvgIpc) is 2.31. The van der Waals surface area contributed by atoms with Crippen molar-refractivity contribution in [3.63, 3.8) is 0 Å². The Morgan fingerprint density at radius 2 is 2.18 bits per heavy atom. The minimum Gasteiger partial charge on any atom is -0.249 e. The summed E-state index contributed by atoms with van der Waals surface area (Å²) < 4.78 is 36.1. The molecule has 1 nitrogen and oxygen atoms in total. The van der Waals surface area contributed by atoms with Gasteiger partial charge in [0.1, 0.15) is 4.88 Å². The number of aryl methyl sites for hydroxylation is 1. The Balaban J connectivity index is 3.02. The molecule has 1 aromatic heterocycles. The van der Waals surface area contributed by atoms with E-state index >= 15 is 0 Å². The first-order chi connectivity index (χ1) is 5.05. The summed E-state index contributed by atoms with van der Waals surface area (Å²) in [5.41, 5.74) is 1.37. The van der Waals surface area contributed by atoms with E-state index in [9.17, 15) is 13.2 Å². The number of thiazole rings is 1. The van der Waals surface area contributed by atoms with E-state index in [0.29, 0.717) is 17.8 Å². The van der Waals surface area contributed by atoms with Crippen molar-refractivity contribution in [3.8, 4) is 0 Å². The molecule has 0 atom stereocenters. The normalized spacial score (nSPS) is 12.0. The standard InChI is InChI=1S/C6H6F3NS/c1-2-4-5(6(7,8)9)11-3-10-4/h3H,2H2,1H3. The van der Waals surface area contributed by atoms with Gasteiger partial charge in [-0.15, -0.1) is 11.3 Å². The summed E-state index contributed by atoms with van der Waals surface area (Å²) in [7, 11) is 0. The van der Waals surface area contributed by atoms with Crippen LogP contribution in [0, 0.1) is 0 Å². The Morgan fingerprint density at radius 3 is 2.55 bits per heavy atom. The van der Waals surface area contributed by atoms with Crippen LogP contribution in [-0.4, -0.2) is 4.98 Å². The SMILES string of the molecule is CCc1ncsc1C(F)(F)F. The van der Waals surface area contributed by atoms with E-state index < -0.39 is 11.1 Å². The van der Waals surface area contributed by atoms with E-state index in [1.165, 1.54) is 5.51 Å². The number of alkyl halides is 3. The maximum atomic E-state index is 12.0. The lowest BCUT2D eigenvalue weighted by Gasteiger charge is -2.03. The van der Waals surface area contributed by atoms with Gasteiger partial charge in [0.25, 0.3) is 0 Å². The zero-order valence-electron chi connectivity index (χ0n) is 5.77. The smallest absolute Gasteiger partial charge is 0.249 e. The number of nitrogens with zero attached hydrogens (tertiary/aromatic N) is 1. The minimum atomic E-state index is -4.23. The molecular weight excluding hydrogens is 175 g/mol. The van der Waals surface area contributed by atoms with Crippen molar-refractivity contribution >= 4 is 11.3 Å². The lowest BCUT2D eigenvalue weighted by atomic mass is 10.3. The molecule has 62 valence electrons. The molecule has 0 saturated heterocycles. The van der Waals surface area contributed by atoms with Crippen LogP contribution in [0.15, 0.2) is 5.51 Å². The van der Waals surface area contributed by atoms with Gasteiger partial charge in [-0.1, -0.05) is 6.92 Å². The average molecular weight is 181 g/mol. The van der Waals surface area contributed by atoms with Gasteiger partial charge in [0.2, 0.25) is 0 Å². The van der Waals surface area contributed by atoms with Crippen LogP contribution in [-0.2, 0) is 12.6 Å². The van der Waals surface area contributed by atoms with Crippen LogP contribution in [0.1, 0.15) is 17.5 Å². The second-order valence-electron chi connectivity index (χ2n) is 1.98. The van der Waals surface area contributed by atoms with E-state index in [1.54, 1.807) is 6.92 Å². The topological polar surface area (TPSA) is 12.9 Å². The highest BCUT2D eigenvalue weighted by Gasteiger charge is 2.35. The van der Waals surface area contributed by atoms with E-state index in [4.69, 9.17) is 0 Å². The lowest BCUT2D eigenvalue weighted by molar-refractivity contribution is -0.135. The van der Waals surface area contributed by atoms with Crippen LogP contribution in [0.4, 0.5) is 13.2 Å². The third kappa shape index (κ3) is 1.71. The molecule has 0 spiro atoms. The predicted octanol–water partition coefficient (Wildman–Crippen LogP) is 2.72. The Labute approximate surface area is 65.9 Å².